The molecule has 13 heavy (non-hydrogen) atoms. The lowest BCUT2D eigenvalue weighted by molar-refractivity contribution is -0.116. The van der Waals surface area contributed by atoms with E-state index in [4.69, 9.17) is 0 Å². The summed E-state index contributed by atoms with van der Waals surface area (Å²) in [4.78, 5) is 11.3. The molecule has 0 saturated heterocycles. The third-order valence-electron chi connectivity index (χ3n) is 2.26. The van der Waals surface area contributed by atoms with E-state index >= 15 is 0 Å². The van der Waals surface area contributed by atoms with Crippen LogP contribution in [0.15, 0.2) is 42.5 Å². The molecule has 1 aromatic carbocycles. The van der Waals surface area contributed by atoms with Crippen molar-refractivity contribution in [3.63, 3.8) is 0 Å². The highest BCUT2D eigenvalue weighted by molar-refractivity contribution is 5.98. The van der Waals surface area contributed by atoms with Crippen molar-refractivity contribution in [2.24, 2.45) is 0 Å². The van der Waals surface area contributed by atoms with Crippen molar-refractivity contribution in [3.8, 4) is 0 Å². The number of allylic oxidation sites excluding steroid dienone is 1. The van der Waals surface area contributed by atoms with Crippen LogP contribution < -0.4 is 0 Å². The molecular weight excluding hydrogens is 164 g/mol. The Morgan fingerprint density at radius 2 is 1.85 bits per heavy atom. The first-order chi connectivity index (χ1) is 6.29. The third-order valence-corrected chi connectivity index (χ3v) is 2.26. The number of carbonyl (C=O) groups is 1. The Morgan fingerprint density at radius 3 is 2.38 bits per heavy atom. The maximum atomic E-state index is 11.3. The minimum atomic E-state index is -0.658. The zero-order valence-corrected chi connectivity index (χ0v) is 7.05. The molecule has 0 fully saturated rings. The number of hydrogen-bond donors (Lipinski definition) is 1. The van der Waals surface area contributed by atoms with Crippen LogP contribution in [-0.2, 0) is 4.79 Å². The summed E-state index contributed by atoms with van der Waals surface area (Å²) in [5.74, 6) is -0.403. The number of carbonyl (C=O) groups excluding carboxylic acids is 1. The minimum absolute atomic E-state index is 0.0151. The van der Waals surface area contributed by atoms with Crippen LogP contribution in [-0.4, -0.2) is 17.0 Å². The molecule has 0 unspecified atom stereocenters. The van der Waals surface area contributed by atoms with Gasteiger partial charge in [-0.1, -0.05) is 36.4 Å². The summed E-state index contributed by atoms with van der Waals surface area (Å²) in [5.41, 5.74) is 0.880. The van der Waals surface area contributed by atoms with E-state index in [9.17, 15) is 9.90 Å². The van der Waals surface area contributed by atoms with E-state index in [1.165, 1.54) is 6.08 Å². The summed E-state index contributed by atoms with van der Waals surface area (Å²) < 4.78 is 0. The Morgan fingerprint density at radius 1 is 1.15 bits per heavy atom. The normalized spacial score (nSPS) is 26.7. The van der Waals surface area contributed by atoms with Crippen molar-refractivity contribution in [1.29, 1.82) is 0 Å². The van der Waals surface area contributed by atoms with Crippen LogP contribution in [0.3, 0.4) is 0 Å². The van der Waals surface area contributed by atoms with E-state index in [0.717, 1.165) is 5.56 Å². The molecule has 66 valence electrons. The van der Waals surface area contributed by atoms with Crippen LogP contribution in [0.5, 0.6) is 0 Å². The lowest BCUT2D eigenvalue weighted by atomic mass is 9.94. The molecule has 1 aliphatic rings. The Labute approximate surface area is 76.5 Å². The van der Waals surface area contributed by atoms with Gasteiger partial charge in [0.1, 0.15) is 0 Å². The lowest BCUT2D eigenvalue weighted by Crippen LogP contribution is -2.17. The molecule has 0 aromatic heterocycles. The van der Waals surface area contributed by atoms with Crippen LogP contribution >= 0.6 is 0 Å². The van der Waals surface area contributed by atoms with E-state index in [0.29, 0.717) is 0 Å². The molecule has 1 N–H and O–H groups in total. The van der Waals surface area contributed by atoms with Gasteiger partial charge in [0.2, 0.25) is 0 Å². The Kier molecular flexibility index (Phi) is 1.99. The SMILES string of the molecule is O=C1C=C[C@H](O)[C@H]1c1ccccc1. The highest BCUT2D eigenvalue weighted by atomic mass is 16.3. The first kappa shape index (κ1) is 8.20. The van der Waals surface area contributed by atoms with Gasteiger partial charge in [-0.3, -0.25) is 4.79 Å². The maximum absolute atomic E-state index is 11.3. The summed E-state index contributed by atoms with van der Waals surface area (Å²) in [6.45, 7) is 0. The van der Waals surface area contributed by atoms with Gasteiger partial charge in [0.25, 0.3) is 0 Å². The van der Waals surface area contributed by atoms with Crippen molar-refractivity contribution in [2.75, 3.05) is 0 Å². The van der Waals surface area contributed by atoms with Gasteiger partial charge in [0, 0.05) is 0 Å². The molecule has 0 heterocycles. The molecule has 2 heteroatoms. The summed E-state index contributed by atoms with van der Waals surface area (Å²) in [5, 5.41) is 9.51. The van der Waals surface area contributed by atoms with Gasteiger partial charge >= 0.3 is 0 Å². The zero-order chi connectivity index (χ0) is 9.26. The smallest absolute Gasteiger partial charge is 0.165 e. The number of benzene rings is 1. The average Bonchev–Trinajstić information content (AvgIpc) is 2.48. The molecular formula is C11H10O2. The van der Waals surface area contributed by atoms with Gasteiger partial charge in [0.05, 0.1) is 12.0 Å². The highest BCUT2D eigenvalue weighted by Crippen LogP contribution is 2.26. The van der Waals surface area contributed by atoms with E-state index < -0.39 is 6.10 Å². The Hall–Kier alpha value is -1.41. The number of ketones is 1. The summed E-state index contributed by atoms with van der Waals surface area (Å²) in [7, 11) is 0. The quantitative estimate of drug-likeness (QED) is 0.696. The van der Waals surface area contributed by atoms with Crippen LogP contribution in [0.25, 0.3) is 0 Å². The van der Waals surface area contributed by atoms with Gasteiger partial charge in [-0.25, -0.2) is 0 Å². The van der Waals surface area contributed by atoms with Crippen molar-refractivity contribution < 1.29 is 9.90 Å². The molecule has 1 aliphatic carbocycles. The van der Waals surface area contributed by atoms with Gasteiger partial charge in [-0.2, -0.15) is 0 Å². The maximum Gasteiger partial charge on any atom is 0.165 e. The largest absolute Gasteiger partial charge is 0.388 e. The molecule has 0 saturated carbocycles. The van der Waals surface area contributed by atoms with E-state index in [-0.39, 0.29) is 11.7 Å². The molecule has 0 bridgehead atoms. The number of hydrogen-bond acceptors (Lipinski definition) is 2. The predicted octanol–water partition coefficient (Wildman–Crippen LogP) is 1.27. The first-order valence-electron chi connectivity index (χ1n) is 4.24. The second-order valence-corrected chi connectivity index (χ2v) is 3.14. The van der Waals surface area contributed by atoms with Crippen molar-refractivity contribution in [1.82, 2.24) is 0 Å². The monoisotopic (exact) mass is 174 g/mol. The fourth-order valence-corrected chi connectivity index (χ4v) is 1.60. The second kappa shape index (κ2) is 3.15. The molecule has 0 spiro atoms. The van der Waals surface area contributed by atoms with E-state index in [2.05, 4.69) is 0 Å². The van der Waals surface area contributed by atoms with Gasteiger partial charge in [-0.05, 0) is 11.6 Å². The highest BCUT2D eigenvalue weighted by Gasteiger charge is 2.29. The van der Waals surface area contributed by atoms with Crippen LogP contribution in [0.4, 0.5) is 0 Å². The van der Waals surface area contributed by atoms with Crippen LogP contribution in [0.2, 0.25) is 0 Å². The fraction of sp³-hybridized carbons (Fsp3) is 0.182. The topological polar surface area (TPSA) is 37.3 Å². The van der Waals surface area contributed by atoms with Crippen LogP contribution in [0, 0.1) is 0 Å². The Balaban J connectivity index is 2.33. The number of rotatable bonds is 1. The molecule has 0 amide bonds. The van der Waals surface area contributed by atoms with Gasteiger partial charge in [0.15, 0.2) is 5.78 Å². The average molecular weight is 174 g/mol. The summed E-state index contributed by atoms with van der Waals surface area (Å²) in [6, 6.07) is 9.35. The molecule has 1 aromatic rings. The molecule has 0 aliphatic heterocycles. The standard InChI is InChI=1S/C11H10O2/c12-9-6-7-10(13)11(9)8-4-2-1-3-5-8/h1-7,9,11-12H/t9-,11+/m0/s1. The van der Waals surface area contributed by atoms with Crippen molar-refractivity contribution >= 4 is 5.78 Å². The van der Waals surface area contributed by atoms with E-state index in [1.54, 1.807) is 6.08 Å². The number of aliphatic hydroxyl groups is 1. The van der Waals surface area contributed by atoms with Gasteiger partial charge < -0.3 is 5.11 Å². The lowest BCUT2D eigenvalue weighted by Gasteiger charge is -2.12. The molecule has 2 atom stereocenters. The van der Waals surface area contributed by atoms with Crippen molar-refractivity contribution in [2.45, 2.75) is 12.0 Å². The first-order valence-corrected chi connectivity index (χ1v) is 4.24. The second-order valence-electron chi connectivity index (χ2n) is 3.14. The summed E-state index contributed by atoms with van der Waals surface area (Å²) >= 11 is 0. The van der Waals surface area contributed by atoms with E-state index in [1.807, 2.05) is 30.3 Å². The summed E-state index contributed by atoms with van der Waals surface area (Å²) in [6.07, 6.45) is 2.33. The third kappa shape index (κ3) is 1.40. The minimum Gasteiger partial charge on any atom is -0.388 e. The van der Waals surface area contributed by atoms with Crippen molar-refractivity contribution in [3.05, 3.63) is 48.0 Å². The van der Waals surface area contributed by atoms with Crippen LogP contribution in [0.1, 0.15) is 11.5 Å². The zero-order valence-electron chi connectivity index (χ0n) is 7.05. The Bertz CT molecular complexity index is 340. The molecule has 2 rings (SSSR count). The van der Waals surface area contributed by atoms with Gasteiger partial charge in [-0.15, -0.1) is 0 Å². The number of aliphatic hydroxyl groups excluding tert-OH is 1. The molecule has 2 nitrogen and oxygen atoms in total. The predicted molar refractivity (Wildman–Crippen MR) is 49.3 cm³/mol. The molecule has 0 radical (unpaired) electrons. The fourth-order valence-electron chi connectivity index (χ4n) is 1.60.